The summed E-state index contributed by atoms with van der Waals surface area (Å²) < 4.78 is 2.74. The van der Waals surface area contributed by atoms with Gasteiger partial charge < -0.3 is 5.73 Å². The van der Waals surface area contributed by atoms with Crippen LogP contribution in [0.15, 0.2) is 23.3 Å². The highest BCUT2D eigenvalue weighted by molar-refractivity contribution is 9.10. The van der Waals surface area contributed by atoms with E-state index >= 15 is 0 Å². The fourth-order valence-electron chi connectivity index (χ4n) is 1.28. The van der Waals surface area contributed by atoms with E-state index in [1.54, 1.807) is 12.4 Å². The summed E-state index contributed by atoms with van der Waals surface area (Å²) in [5.41, 5.74) is 7.48. The Morgan fingerprint density at radius 1 is 1.54 bits per heavy atom. The van der Waals surface area contributed by atoms with E-state index in [4.69, 9.17) is 5.73 Å². The number of nitrogens with two attached hydrogens (primary N) is 1. The third kappa shape index (κ3) is 1.45. The average Bonchev–Trinajstić information content (AvgIpc) is 2.46. The predicted octanol–water partition coefficient (Wildman–Crippen LogP) is 0.993. The average molecular weight is 241 g/mol. The van der Waals surface area contributed by atoms with Gasteiger partial charge in [-0.25, -0.2) is 4.98 Å². The molecule has 2 heterocycles. The van der Waals surface area contributed by atoms with Gasteiger partial charge in [0.05, 0.1) is 17.4 Å². The summed E-state index contributed by atoms with van der Waals surface area (Å²) in [6, 6.07) is 0. The number of halogens is 1. The molecule has 2 aromatic heterocycles. The molecule has 0 aliphatic rings. The van der Waals surface area contributed by atoms with Crippen LogP contribution >= 0.6 is 15.9 Å². The number of fused-ring (bicyclic) bond motifs is 1. The Balaban J connectivity index is 2.63. The van der Waals surface area contributed by atoms with Gasteiger partial charge in [-0.1, -0.05) is 0 Å². The SMILES string of the molecule is NCCc1nc(Br)n2ccncc12. The number of aromatic nitrogens is 3. The van der Waals surface area contributed by atoms with Crippen molar-refractivity contribution in [2.45, 2.75) is 6.42 Å². The van der Waals surface area contributed by atoms with Gasteiger partial charge in [-0.3, -0.25) is 9.38 Å². The summed E-state index contributed by atoms with van der Waals surface area (Å²) in [7, 11) is 0. The quantitative estimate of drug-likeness (QED) is 0.853. The summed E-state index contributed by atoms with van der Waals surface area (Å²) in [4.78, 5) is 8.39. The Kier molecular flexibility index (Phi) is 2.28. The maximum absolute atomic E-state index is 5.48. The van der Waals surface area contributed by atoms with Crippen LogP contribution in [0.4, 0.5) is 0 Å². The van der Waals surface area contributed by atoms with Crippen LogP contribution < -0.4 is 5.73 Å². The van der Waals surface area contributed by atoms with E-state index in [1.165, 1.54) is 0 Å². The van der Waals surface area contributed by atoms with Crippen molar-refractivity contribution in [3.63, 3.8) is 0 Å². The molecule has 13 heavy (non-hydrogen) atoms. The summed E-state index contributed by atoms with van der Waals surface area (Å²) >= 11 is 3.37. The molecule has 0 aliphatic heterocycles. The Labute approximate surface area is 83.9 Å². The van der Waals surface area contributed by atoms with Crippen LogP contribution in [0.5, 0.6) is 0 Å². The summed E-state index contributed by atoms with van der Waals surface area (Å²) in [6.07, 6.45) is 6.17. The molecule has 0 radical (unpaired) electrons. The zero-order chi connectivity index (χ0) is 9.26. The third-order valence-electron chi connectivity index (χ3n) is 1.86. The van der Waals surface area contributed by atoms with E-state index in [-0.39, 0.29) is 0 Å². The van der Waals surface area contributed by atoms with Crippen molar-refractivity contribution >= 4 is 21.4 Å². The van der Waals surface area contributed by atoms with Crippen molar-refractivity contribution in [1.82, 2.24) is 14.4 Å². The van der Waals surface area contributed by atoms with Crippen molar-refractivity contribution in [2.75, 3.05) is 6.54 Å². The lowest BCUT2D eigenvalue weighted by Gasteiger charge is -1.94. The van der Waals surface area contributed by atoms with Gasteiger partial charge in [-0.15, -0.1) is 0 Å². The zero-order valence-corrected chi connectivity index (χ0v) is 8.53. The van der Waals surface area contributed by atoms with Crippen LogP contribution in [0.1, 0.15) is 5.69 Å². The largest absolute Gasteiger partial charge is 0.330 e. The number of rotatable bonds is 2. The van der Waals surface area contributed by atoms with Gasteiger partial charge in [0.15, 0.2) is 4.73 Å². The van der Waals surface area contributed by atoms with Gasteiger partial charge in [0.1, 0.15) is 0 Å². The fourth-order valence-corrected chi connectivity index (χ4v) is 1.80. The van der Waals surface area contributed by atoms with E-state index < -0.39 is 0 Å². The van der Waals surface area contributed by atoms with Gasteiger partial charge in [-0.2, -0.15) is 0 Å². The second-order valence-electron chi connectivity index (χ2n) is 2.70. The molecule has 5 heteroatoms. The van der Waals surface area contributed by atoms with Gasteiger partial charge in [0.25, 0.3) is 0 Å². The topological polar surface area (TPSA) is 56.2 Å². The van der Waals surface area contributed by atoms with E-state index in [0.717, 1.165) is 22.4 Å². The molecule has 2 N–H and O–H groups in total. The molecule has 0 bridgehead atoms. The first-order chi connectivity index (χ1) is 6.33. The van der Waals surface area contributed by atoms with E-state index in [9.17, 15) is 0 Å². The zero-order valence-electron chi connectivity index (χ0n) is 6.94. The highest BCUT2D eigenvalue weighted by Crippen LogP contribution is 2.16. The van der Waals surface area contributed by atoms with E-state index in [1.807, 2.05) is 10.6 Å². The van der Waals surface area contributed by atoms with Crippen molar-refractivity contribution < 1.29 is 0 Å². The molecule has 0 aromatic carbocycles. The van der Waals surface area contributed by atoms with E-state index in [2.05, 4.69) is 25.9 Å². The molecule has 2 aromatic rings. The highest BCUT2D eigenvalue weighted by atomic mass is 79.9. The second-order valence-corrected chi connectivity index (χ2v) is 3.41. The first kappa shape index (κ1) is 8.65. The molecule has 0 unspecified atom stereocenters. The molecular weight excluding hydrogens is 232 g/mol. The third-order valence-corrected chi connectivity index (χ3v) is 2.42. The molecular formula is C8H9BrN4. The molecule has 2 rings (SSSR count). The predicted molar refractivity (Wildman–Crippen MR) is 53.4 cm³/mol. The fraction of sp³-hybridized carbons (Fsp3) is 0.250. The highest BCUT2D eigenvalue weighted by Gasteiger charge is 2.06. The standard InChI is InChI=1S/C8H9BrN4/c9-8-12-6(1-2-10)7-5-11-3-4-13(7)8/h3-5H,1-2,10H2. The molecule has 0 atom stereocenters. The lowest BCUT2D eigenvalue weighted by Crippen LogP contribution is -2.03. The van der Waals surface area contributed by atoms with Crippen LogP contribution in [0.2, 0.25) is 0 Å². The molecule has 0 saturated carbocycles. The molecule has 0 spiro atoms. The van der Waals surface area contributed by atoms with Crippen molar-refractivity contribution in [3.05, 3.63) is 29.0 Å². The molecule has 68 valence electrons. The number of imidazole rings is 1. The van der Waals surface area contributed by atoms with Gasteiger partial charge in [0.2, 0.25) is 0 Å². The van der Waals surface area contributed by atoms with Crippen LogP contribution in [-0.2, 0) is 6.42 Å². The molecule has 0 amide bonds. The smallest absolute Gasteiger partial charge is 0.182 e. The first-order valence-electron chi connectivity index (χ1n) is 3.99. The molecule has 0 saturated heterocycles. The maximum Gasteiger partial charge on any atom is 0.182 e. The van der Waals surface area contributed by atoms with Crippen LogP contribution in [-0.4, -0.2) is 20.9 Å². The summed E-state index contributed by atoms with van der Waals surface area (Å²) in [5.74, 6) is 0. The summed E-state index contributed by atoms with van der Waals surface area (Å²) in [6.45, 7) is 0.605. The summed E-state index contributed by atoms with van der Waals surface area (Å²) in [5, 5.41) is 0. The van der Waals surface area contributed by atoms with Gasteiger partial charge >= 0.3 is 0 Å². The minimum absolute atomic E-state index is 0.605. The lowest BCUT2D eigenvalue weighted by molar-refractivity contribution is 0.938. The molecule has 4 nitrogen and oxygen atoms in total. The van der Waals surface area contributed by atoms with Crippen molar-refractivity contribution in [3.8, 4) is 0 Å². The number of hydrogen-bond donors (Lipinski definition) is 1. The van der Waals surface area contributed by atoms with Gasteiger partial charge in [0, 0.05) is 18.8 Å². The Hall–Kier alpha value is -0.940. The Morgan fingerprint density at radius 3 is 3.15 bits per heavy atom. The number of nitrogens with zero attached hydrogens (tertiary/aromatic N) is 3. The number of hydrogen-bond acceptors (Lipinski definition) is 3. The van der Waals surface area contributed by atoms with E-state index in [0.29, 0.717) is 6.54 Å². The van der Waals surface area contributed by atoms with Crippen LogP contribution in [0.25, 0.3) is 5.52 Å². The molecule has 0 aliphatic carbocycles. The monoisotopic (exact) mass is 240 g/mol. The Morgan fingerprint density at radius 2 is 2.38 bits per heavy atom. The molecule has 0 fully saturated rings. The lowest BCUT2D eigenvalue weighted by atomic mass is 10.3. The van der Waals surface area contributed by atoms with Gasteiger partial charge in [-0.05, 0) is 22.5 Å². The van der Waals surface area contributed by atoms with Crippen molar-refractivity contribution in [1.29, 1.82) is 0 Å². The van der Waals surface area contributed by atoms with Crippen LogP contribution in [0, 0.1) is 0 Å². The Bertz CT molecular complexity index is 423. The van der Waals surface area contributed by atoms with Crippen LogP contribution in [0.3, 0.4) is 0 Å². The van der Waals surface area contributed by atoms with Crippen molar-refractivity contribution in [2.24, 2.45) is 5.73 Å². The minimum Gasteiger partial charge on any atom is -0.330 e. The minimum atomic E-state index is 0.605. The first-order valence-corrected chi connectivity index (χ1v) is 4.78. The normalized spacial score (nSPS) is 10.9. The maximum atomic E-state index is 5.48. The second kappa shape index (κ2) is 3.43.